The highest BCUT2D eigenvalue weighted by Crippen LogP contribution is 2.26. The molecule has 0 amide bonds. The van der Waals surface area contributed by atoms with E-state index in [1.165, 1.54) is 11.8 Å². The first-order valence-electron chi connectivity index (χ1n) is 7.38. The number of aryl methyl sites for hydroxylation is 1. The van der Waals surface area contributed by atoms with E-state index < -0.39 is 0 Å². The molecule has 21 heavy (non-hydrogen) atoms. The van der Waals surface area contributed by atoms with Gasteiger partial charge in [-0.05, 0) is 31.2 Å². The Bertz CT molecular complexity index is 556. The molecule has 0 fully saturated rings. The second-order valence-electron chi connectivity index (χ2n) is 4.83. The normalized spacial score (nSPS) is 12.5. The maximum atomic E-state index is 13.7. The first kappa shape index (κ1) is 16.0. The molecular weight excluding hydrogens is 285 g/mol. The molecule has 5 heteroatoms. The third-order valence-corrected chi connectivity index (χ3v) is 4.38. The molecular formula is C16H22FN3S. The minimum absolute atomic E-state index is 0.153. The summed E-state index contributed by atoms with van der Waals surface area (Å²) in [7, 11) is 0. The molecule has 1 unspecified atom stereocenters. The number of hydrogen-bond donors (Lipinski definition) is 1. The lowest BCUT2D eigenvalue weighted by Crippen LogP contribution is -2.26. The van der Waals surface area contributed by atoms with E-state index in [-0.39, 0.29) is 11.9 Å². The number of halogens is 1. The maximum absolute atomic E-state index is 13.7. The Morgan fingerprint density at radius 3 is 2.81 bits per heavy atom. The Kier molecular flexibility index (Phi) is 6.26. The van der Waals surface area contributed by atoms with Crippen molar-refractivity contribution in [2.75, 3.05) is 12.3 Å². The van der Waals surface area contributed by atoms with Crippen LogP contribution in [0.1, 0.15) is 32.0 Å². The predicted octanol–water partition coefficient (Wildman–Crippen LogP) is 3.88. The second-order valence-corrected chi connectivity index (χ2v) is 5.89. The molecule has 0 saturated carbocycles. The van der Waals surface area contributed by atoms with Crippen LogP contribution in [0.5, 0.6) is 0 Å². The summed E-state index contributed by atoms with van der Waals surface area (Å²) in [6, 6.07) is 9.14. The molecule has 0 radical (unpaired) electrons. The smallest absolute Gasteiger partial charge is 0.136 e. The van der Waals surface area contributed by atoms with Gasteiger partial charge >= 0.3 is 0 Å². The van der Waals surface area contributed by atoms with Gasteiger partial charge in [0, 0.05) is 23.4 Å². The van der Waals surface area contributed by atoms with Crippen LogP contribution in [0.4, 0.5) is 4.39 Å². The van der Waals surface area contributed by atoms with E-state index in [4.69, 9.17) is 0 Å². The molecule has 1 N–H and O–H groups in total. The zero-order valence-corrected chi connectivity index (χ0v) is 13.4. The monoisotopic (exact) mass is 307 g/mol. The van der Waals surface area contributed by atoms with Crippen LogP contribution in [-0.2, 0) is 6.54 Å². The van der Waals surface area contributed by atoms with Crippen LogP contribution in [0.2, 0.25) is 0 Å². The van der Waals surface area contributed by atoms with E-state index >= 15 is 0 Å². The lowest BCUT2D eigenvalue weighted by atomic mass is 10.2. The first-order valence-corrected chi connectivity index (χ1v) is 8.37. The van der Waals surface area contributed by atoms with Gasteiger partial charge in [-0.15, -0.1) is 11.8 Å². The fourth-order valence-electron chi connectivity index (χ4n) is 2.27. The highest BCUT2D eigenvalue weighted by Gasteiger charge is 2.16. The average molecular weight is 307 g/mol. The molecule has 0 aliphatic carbocycles. The lowest BCUT2D eigenvalue weighted by Gasteiger charge is -2.19. The molecule has 114 valence electrons. The summed E-state index contributed by atoms with van der Waals surface area (Å²) in [4.78, 5) is 0.696. The van der Waals surface area contributed by atoms with Crippen molar-refractivity contribution < 1.29 is 4.39 Å². The summed E-state index contributed by atoms with van der Waals surface area (Å²) >= 11 is 1.54. The molecule has 2 aromatic rings. The molecule has 1 atom stereocenters. The molecule has 1 aromatic heterocycles. The topological polar surface area (TPSA) is 29.9 Å². The van der Waals surface area contributed by atoms with Crippen molar-refractivity contribution in [3.05, 3.63) is 48.0 Å². The Morgan fingerprint density at radius 2 is 2.10 bits per heavy atom. The van der Waals surface area contributed by atoms with Crippen LogP contribution in [-0.4, -0.2) is 22.1 Å². The first-order chi connectivity index (χ1) is 10.3. The predicted molar refractivity (Wildman–Crippen MR) is 86.1 cm³/mol. The Labute approximate surface area is 129 Å². The van der Waals surface area contributed by atoms with E-state index in [1.54, 1.807) is 17.8 Å². The molecule has 0 saturated heterocycles. The third kappa shape index (κ3) is 4.32. The van der Waals surface area contributed by atoms with Crippen LogP contribution in [0.3, 0.4) is 0 Å². The number of hydrogen-bond acceptors (Lipinski definition) is 3. The number of aromatic nitrogens is 2. The molecule has 0 bridgehead atoms. The average Bonchev–Trinajstić information content (AvgIpc) is 2.93. The molecule has 0 aliphatic heterocycles. The van der Waals surface area contributed by atoms with Gasteiger partial charge in [-0.2, -0.15) is 5.10 Å². The summed E-state index contributed by atoms with van der Waals surface area (Å²) in [5.41, 5.74) is 1.17. The Morgan fingerprint density at radius 1 is 1.29 bits per heavy atom. The van der Waals surface area contributed by atoms with E-state index in [1.807, 2.05) is 29.1 Å². The van der Waals surface area contributed by atoms with E-state index in [0.717, 1.165) is 25.3 Å². The van der Waals surface area contributed by atoms with Crippen molar-refractivity contribution in [3.8, 4) is 0 Å². The zero-order valence-electron chi connectivity index (χ0n) is 12.6. The second kappa shape index (κ2) is 8.20. The molecule has 0 spiro atoms. The van der Waals surface area contributed by atoms with Crippen molar-refractivity contribution in [3.63, 3.8) is 0 Å². The fourth-order valence-corrected chi connectivity index (χ4v) is 3.28. The summed E-state index contributed by atoms with van der Waals surface area (Å²) < 4.78 is 15.7. The summed E-state index contributed by atoms with van der Waals surface area (Å²) in [5.74, 6) is 0.629. The van der Waals surface area contributed by atoms with Gasteiger partial charge < -0.3 is 5.32 Å². The van der Waals surface area contributed by atoms with E-state index in [2.05, 4.69) is 24.3 Å². The number of thioether (sulfide) groups is 1. The molecule has 2 rings (SSSR count). The van der Waals surface area contributed by atoms with Gasteiger partial charge in [0.15, 0.2) is 0 Å². The molecule has 1 aromatic carbocycles. The molecule has 3 nitrogen and oxygen atoms in total. The van der Waals surface area contributed by atoms with Crippen LogP contribution in [0.15, 0.2) is 41.4 Å². The number of nitrogens with one attached hydrogen (secondary N) is 1. The van der Waals surface area contributed by atoms with E-state index in [9.17, 15) is 4.39 Å². The number of nitrogens with zero attached hydrogens (tertiary/aromatic N) is 2. The fraction of sp³-hybridized carbons (Fsp3) is 0.438. The molecule has 1 heterocycles. The Hall–Kier alpha value is -1.33. The van der Waals surface area contributed by atoms with Crippen molar-refractivity contribution in [1.29, 1.82) is 0 Å². The van der Waals surface area contributed by atoms with Crippen molar-refractivity contribution in [2.24, 2.45) is 0 Å². The van der Waals surface area contributed by atoms with Gasteiger partial charge in [-0.3, -0.25) is 4.68 Å². The van der Waals surface area contributed by atoms with Gasteiger partial charge in [-0.25, -0.2) is 4.39 Å². The third-order valence-electron chi connectivity index (χ3n) is 3.23. The quantitative estimate of drug-likeness (QED) is 0.751. The Balaban J connectivity index is 2.08. The van der Waals surface area contributed by atoms with Gasteiger partial charge in [0.2, 0.25) is 0 Å². The van der Waals surface area contributed by atoms with Crippen LogP contribution >= 0.6 is 11.8 Å². The van der Waals surface area contributed by atoms with Crippen LogP contribution in [0.25, 0.3) is 0 Å². The summed E-state index contributed by atoms with van der Waals surface area (Å²) in [6.07, 6.45) is 2.89. The van der Waals surface area contributed by atoms with Gasteiger partial charge in [0.1, 0.15) is 5.82 Å². The molecule has 0 aliphatic rings. The number of benzene rings is 1. The van der Waals surface area contributed by atoms with Crippen LogP contribution < -0.4 is 5.32 Å². The van der Waals surface area contributed by atoms with Gasteiger partial charge in [0.05, 0.1) is 11.7 Å². The van der Waals surface area contributed by atoms with Crippen molar-refractivity contribution in [1.82, 2.24) is 15.1 Å². The highest BCUT2D eigenvalue weighted by atomic mass is 32.2. The maximum Gasteiger partial charge on any atom is 0.136 e. The van der Waals surface area contributed by atoms with Crippen molar-refractivity contribution >= 4 is 11.8 Å². The minimum atomic E-state index is -0.153. The minimum Gasteiger partial charge on any atom is -0.308 e. The zero-order chi connectivity index (χ0) is 15.1. The number of rotatable bonds is 8. The largest absolute Gasteiger partial charge is 0.308 e. The van der Waals surface area contributed by atoms with Gasteiger partial charge in [-0.1, -0.05) is 26.0 Å². The van der Waals surface area contributed by atoms with Crippen LogP contribution in [0, 0.1) is 5.82 Å². The van der Waals surface area contributed by atoms with Gasteiger partial charge in [0.25, 0.3) is 0 Å². The standard InChI is InChI=1S/C16H22FN3S/c1-3-11-20-15(9-10-19-20)14(18-4-2)12-21-16-8-6-5-7-13(16)17/h5-10,14,18H,3-4,11-12H2,1-2H3. The van der Waals surface area contributed by atoms with E-state index in [0.29, 0.717) is 4.90 Å². The summed E-state index contributed by atoms with van der Waals surface area (Å²) in [6.45, 7) is 6.01. The lowest BCUT2D eigenvalue weighted by molar-refractivity contribution is 0.508. The van der Waals surface area contributed by atoms with Crippen molar-refractivity contribution in [2.45, 2.75) is 37.8 Å². The SMILES string of the molecule is CCCn1nccc1C(CSc1ccccc1F)NCC. The highest BCUT2D eigenvalue weighted by molar-refractivity contribution is 7.99. The summed E-state index contributed by atoms with van der Waals surface area (Å²) in [5, 5.41) is 7.84.